The van der Waals surface area contributed by atoms with Gasteiger partial charge in [-0.15, -0.1) is 0 Å². The molecule has 0 aromatic carbocycles. The predicted molar refractivity (Wildman–Crippen MR) is 100.0 cm³/mol. The molecule has 0 saturated carbocycles. The summed E-state index contributed by atoms with van der Waals surface area (Å²) in [6.07, 6.45) is -7.04. The minimum absolute atomic E-state index is 0.349. The molecule has 33 heavy (non-hydrogen) atoms. The van der Waals surface area contributed by atoms with E-state index < -0.39 is 71.7 Å². The van der Waals surface area contributed by atoms with Crippen LogP contribution < -0.4 is 11.3 Å². The van der Waals surface area contributed by atoms with Gasteiger partial charge in [0.25, 0.3) is 11.6 Å². The summed E-state index contributed by atoms with van der Waals surface area (Å²) in [4.78, 5) is 56.9. The van der Waals surface area contributed by atoms with E-state index in [0.717, 1.165) is 0 Å². The average molecular weight is 539 g/mol. The summed E-state index contributed by atoms with van der Waals surface area (Å²) < 4.78 is 51.1. The zero-order valence-electron chi connectivity index (χ0n) is 15.7. The molecule has 186 valence electrons. The van der Waals surface area contributed by atoms with Gasteiger partial charge in [-0.1, -0.05) is 0 Å². The van der Waals surface area contributed by atoms with E-state index in [1.54, 1.807) is 0 Å². The van der Waals surface area contributed by atoms with E-state index in [4.69, 9.17) is 25.2 Å². The standard InChI is InChI=1S/C10H16N5O15P3/c11-9-13-6-3(7(18)14-9)12-10(19)15(6)8-5(17)4(16)2(28-8)1-27-32(23,24)30-33(25,26)29-31(20,21)22/h2,4-5,8,16-17H,1H2,(H,12,19)(H,23,24)(H,25,26)(H2,20,21,22)(H3,11,13,14,18)/t2-,4?,5?,8-/m1/s1. The van der Waals surface area contributed by atoms with Crippen LogP contribution in [0.2, 0.25) is 0 Å². The third-order valence-corrected chi connectivity index (χ3v) is 7.76. The molecule has 1 fully saturated rings. The van der Waals surface area contributed by atoms with E-state index in [-0.39, 0.29) is 11.6 Å². The number of rotatable bonds is 8. The number of aliphatic hydroxyl groups is 2. The molecule has 10 N–H and O–H groups in total. The Bertz CT molecular complexity index is 1250. The van der Waals surface area contributed by atoms with Gasteiger partial charge >= 0.3 is 23.5 Å². The largest absolute Gasteiger partial charge is 0.490 e. The van der Waals surface area contributed by atoms with Crippen LogP contribution in [0.25, 0.3) is 11.2 Å². The zero-order valence-corrected chi connectivity index (χ0v) is 18.4. The molecule has 3 heterocycles. The van der Waals surface area contributed by atoms with Gasteiger partial charge in [-0.2, -0.15) is 18.6 Å². The number of imidazole rings is 1. The number of hydrogen-bond donors (Lipinski definition) is 9. The zero-order chi connectivity index (χ0) is 24.9. The van der Waals surface area contributed by atoms with Crippen molar-refractivity contribution >= 4 is 40.6 Å². The third-order valence-electron chi connectivity index (χ3n) is 3.96. The molecule has 2 aromatic heterocycles. The van der Waals surface area contributed by atoms with Crippen LogP contribution in [-0.4, -0.2) is 79.3 Å². The Hall–Kier alpha value is -1.76. The lowest BCUT2D eigenvalue weighted by molar-refractivity contribution is -0.0530. The number of nitrogen functional groups attached to an aromatic ring is 1. The minimum atomic E-state index is -5.77. The van der Waals surface area contributed by atoms with Crippen molar-refractivity contribution in [1.29, 1.82) is 0 Å². The van der Waals surface area contributed by atoms with Gasteiger partial charge in [0.05, 0.1) is 6.61 Å². The van der Waals surface area contributed by atoms with Gasteiger partial charge in [0, 0.05) is 0 Å². The molecule has 23 heteroatoms. The number of phosphoric ester groups is 1. The van der Waals surface area contributed by atoms with Gasteiger partial charge < -0.3 is 45.4 Å². The number of fused-ring (bicyclic) bond motifs is 1. The van der Waals surface area contributed by atoms with Crippen LogP contribution in [0, 0.1) is 0 Å². The Balaban J connectivity index is 1.77. The Kier molecular flexibility index (Phi) is 6.89. The van der Waals surface area contributed by atoms with Crippen molar-refractivity contribution in [2.45, 2.75) is 24.5 Å². The van der Waals surface area contributed by atoms with E-state index >= 15 is 0 Å². The number of aromatic nitrogens is 4. The van der Waals surface area contributed by atoms with Crippen LogP contribution >= 0.6 is 23.5 Å². The van der Waals surface area contributed by atoms with Crippen LogP contribution in [0.1, 0.15) is 6.23 Å². The Morgan fingerprint density at radius 3 is 2.30 bits per heavy atom. The second-order valence-corrected chi connectivity index (χ2v) is 10.8. The number of nitrogens with zero attached hydrogens (tertiary/aromatic N) is 3. The number of nitrogens with two attached hydrogens (primary N) is 1. The second-order valence-electron chi connectivity index (χ2n) is 6.34. The van der Waals surface area contributed by atoms with Crippen molar-refractivity contribution in [3.05, 3.63) is 10.4 Å². The van der Waals surface area contributed by atoms with Crippen LogP contribution in [0.4, 0.5) is 5.95 Å². The van der Waals surface area contributed by atoms with Crippen LogP contribution in [0.15, 0.2) is 4.79 Å². The Morgan fingerprint density at radius 1 is 1.06 bits per heavy atom. The van der Waals surface area contributed by atoms with E-state index in [1.807, 2.05) is 0 Å². The molecule has 1 aliphatic rings. The maximum Gasteiger partial charge on any atom is 0.490 e. The van der Waals surface area contributed by atoms with Crippen LogP contribution in [0.5, 0.6) is 6.01 Å². The van der Waals surface area contributed by atoms with Crippen molar-refractivity contribution < 1.29 is 66.5 Å². The molecule has 0 amide bonds. The molecule has 3 rings (SSSR count). The Morgan fingerprint density at radius 2 is 1.70 bits per heavy atom. The molecule has 6 atom stereocenters. The number of ether oxygens (including phenoxy) is 1. The molecule has 2 aromatic rings. The second kappa shape index (κ2) is 8.79. The van der Waals surface area contributed by atoms with Crippen molar-refractivity contribution in [2.75, 3.05) is 12.3 Å². The van der Waals surface area contributed by atoms with E-state index in [1.165, 1.54) is 0 Å². The summed E-state index contributed by atoms with van der Waals surface area (Å²) in [7, 11) is -16.9. The number of phosphoric acid groups is 3. The Labute approximate surface area is 180 Å². The highest BCUT2D eigenvalue weighted by Gasteiger charge is 2.47. The van der Waals surface area contributed by atoms with Gasteiger partial charge in [-0.05, 0) is 0 Å². The normalized spacial score (nSPS) is 27.5. The van der Waals surface area contributed by atoms with Crippen LogP contribution in [0.3, 0.4) is 0 Å². The smallest absolute Gasteiger partial charge is 0.480 e. The lowest BCUT2D eigenvalue weighted by atomic mass is 10.1. The number of aliphatic hydroxyl groups excluding tert-OH is 2. The lowest BCUT2D eigenvalue weighted by Gasteiger charge is -2.19. The maximum atomic E-state index is 11.9. The number of aromatic amines is 1. The van der Waals surface area contributed by atoms with Gasteiger partial charge in [0.1, 0.15) is 18.3 Å². The SMILES string of the molecule is Nc1nc2c(nc(O)n2[C@@H]2O[C@H](COP(=O)(O)OP(=O)(O)OP(=O)(O)O)C(O)C2O)c(=O)[nH]1. The quantitative estimate of drug-likeness (QED) is 0.155. The molecule has 1 saturated heterocycles. The van der Waals surface area contributed by atoms with Crippen molar-refractivity contribution in [3.8, 4) is 6.01 Å². The summed E-state index contributed by atoms with van der Waals surface area (Å²) in [5.41, 5.74) is 3.85. The van der Waals surface area contributed by atoms with Gasteiger partial charge in [0.2, 0.25) is 5.95 Å². The minimum Gasteiger partial charge on any atom is -0.480 e. The molecular formula is C10H16N5O15P3. The summed E-state index contributed by atoms with van der Waals surface area (Å²) >= 11 is 0. The molecule has 0 radical (unpaired) electrons. The molecule has 1 aliphatic heterocycles. The van der Waals surface area contributed by atoms with Gasteiger partial charge in [-0.25, -0.2) is 18.3 Å². The van der Waals surface area contributed by atoms with E-state index in [2.05, 4.69) is 28.1 Å². The fourth-order valence-corrected chi connectivity index (χ4v) is 5.80. The van der Waals surface area contributed by atoms with Crippen molar-refractivity contribution in [1.82, 2.24) is 19.5 Å². The first-order valence-electron chi connectivity index (χ1n) is 8.26. The monoisotopic (exact) mass is 539 g/mol. The molecule has 4 unspecified atom stereocenters. The summed E-state index contributed by atoms with van der Waals surface area (Å²) in [5, 5.41) is 30.5. The highest BCUT2D eigenvalue weighted by atomic mass is 31.3. The van der Waals surface area contributed by atoms with Gasteiger partial charge in [0.15, 0.2) is 17.4 Å². The molecule has 0 bridgehead atoms. The summed E-state index contributed by atoms with van der Waals surface area (Å²) in [5.74, 6) is -0.383. The molecule has 0 aliphatic carbocycles. The van der Waals surface area contributed by atoms with E-state index in [9.17, 15) is 38.7 Å². The summed E-state index contributed by atoms with van der Waals surface area (Å²) in [6.45, 7) is -1.10. The third kappa shape index (κ3) is 5.84. The average Bonchev–Trinajstić information content (AvgIpc) is 3.07. The maximum absolute atomic E-state index is 11.9. The number of hydrogen-bond acceptors (Lipinski definition) is 14. The fraction of sp³-hybridized carbons (Fsp3) is 0.500. The molecular weight excluding hydrogens is 523 g/mol. The number of H-pyrrole nitrogens is 1. The molecule has 0 spiro atoms. The van der Waals surface area contributed by atoms with E-state index in [0.29, 0.717) is 4.57 Å². The van der Waals surface area contributed by atoms with Gasteiger partial charge in [-0.3, -0.25) is 14.3 Å². The topological polar surface area (TPSA) is 319 Å². The number of nitrogens with one attached hydrogen (secondary N) is 1. The molecule has 20 nitrogen and oxygen atoms in total. The number of anilines is 1. The highest BCUT2D eigenvalue weighted by molar-refractivity contribution is 7.66. The predicted octanol–water partition coefficient (Wildman–Crippen LogP) is -2.63. The first-order chi connectivity index (χ1) is 15.0. The first kappa shape index (κ1) is 25.9. The lowest BCUT2D eigenvalue weighted by Crippen LogP contribution is -2.33. The fourth-order valence-electron chi connectivity index (χ4n) is 2.77. The summed E-state index contributed by atoms with van der Waals surface area (Å²) in [6, 6.07) is -0.876. The van der Waals surface area contributed by atoms with Crippen molar-refractivity contribution in [2.24, 2.45) is 0 Å². The number of aromatic hydroxyl groups is 1. The van der Waals surface area contributed by atoms with Crippen LogP contribution in [-0.2, 0) is 31.6 Å². The van der Waals surface area contributed by atoms with Crippen molar-refractivity contribution in [3.63, 3.8) is 0 Å². The highest BCUT2D eigenvalue weighted by Crippen LogP contribution is 2.66. The first-order valence-corrected chi connectivity index (χ1v) is 12.8.